The number of rotatable bonds is 3. The minimum absolute atomic E-state index is 0.0361. The monoisotopic (exact) mass is 346 g/mol. The highest BCUT2D eigenvalue weighted by Crippen LogP contribution is 2.29. The molecule has 0 bridgehead atoms. The average Bonchev–Trinajstić information content (AvgIpc) is 2.67. The number of hydrogen-bond donors (Lipinski definition) is 2. The maximum absolute atomic E-state index is 12.6. The highest BCUT2D eigenvalue weighted by molar-refractivity contribution is 5.99. The zero-order valence-corrected chi connectivity index (χ0v) is 14.3. The van der Waals surface area contributed by atoms with Gasteiger partial charge >= 0.3 is 0 Å². The van der Waals surface area contributed by atoms with E-state index in [1.54, 1.807) is 18.2 Å². The van der Waals surface area contributed by atoms with Crippen molar-refractivity contribution in [3.8, 4) is 5.75 Å². The number of fused-ring (bicyclic) bond motifs is 2. The second-order valence-electron chi connectivity index (χ2n) is 6.35. The van der Waals surface area contributed by atoms with Crippen molar-refractivity contribution in [3.63, 3.8) is 0 Å². The fraction of sp³-hybridized carbons (Fsp3) is 0.143. The van der Waals surface area contributed by atoms with E-state index in [2.05, 4.69) is 34.9 Å². The zero-order valence-electron chi connectivity index (χ0n) is 14.3. The summed E-state index contributed by atoms with van der Waals surface area (Å²) in [7, 11) is 0. The summed E-state index contributed by atoms with van der Waals surface area (Å²) in [6, 6.07) is 19.2. The van der Waals surface area contributed by atoms with Crippen LogP contribution in [-0.4, -0.2) is 18.4 Å². The molecule has 1 heterocycles. The maximum Gasteiger partial charge on any atom is 0.262 e. The van der Waals surface area contributed by atoms with Crippen molar-refractivity contribution in [1.29, 1.82) is 0 Å². The van der Waals surface area contributed by atoms with Crippen LogP contribution in [-0.2, 0) is 4.79 Å². The molecule has 0 aromatic heterocycles. The number of carbonyl (C=O) groups excluding carboxylic acids is 2. The number of carbonyl (C=O) groups is 2. The van der Waals surface area contributed by atoms with Crippen LogP contribution in [0.1, 0.15) is 28.9 Å². The second-order valence-corrected chi connectivity index (χ2v) is 6.35. The van der Waals surface area contributed by atoms with E-state index in [9.17, 15) is 9.59 Å². The standard InChI is InChI=1S/C21H18N2O3/c1-13(15-7-6-14-4-2-3-5-16(14)10-15)22-21(25)17-8-9-18-19(11-17)26-12-20(24)23-18/h2-11,13H,12H2,1H3,(H,22,25)(H,23,24). The molecule has 0 saturated heterocycles. The van der Waals surface area contributed by atoms with Gasteiger partial charge in [-0.1, -0.05) is 36.4 Å². The number of amides is 2. The molecule has 1 unspecified atom stereocenters. The quantitative estimate of drug-likeness (QED) is 0.760. The molecule has 130 valence electrons. The number of anilines is 1. The molecule has 3 aromatic rings. The molecule has 1 aliphatic heterocycles. The van der Waals surface area contributed by atoms with Crippen molar-refractivity contribution in [2.45, 2.75) is 13.0 Å². The number of ether oxygens (including phenoxy) is 1. The first-order valence-corrected chi connectivity index (χ1v) is 8.46. The van der Waals surface area contributed by atoms with Crippen LogP contribution in [0.25, 0.3) is 10.8 Å². The van der Waals surface area contributed by atoms with Crippen LogP contribution in [0.15, 0.2) is 60.7 Å². The maximum atomic E-state index is 12.6. The topological polar surface area (TPSA) is 67.4 Å². The largest absolute Gasteiger partial charge is 0.482 e. The van der Waals surface area contributed by atoms with E-state index >= 15 is 0 Å². The van der Waals surface area contributed by atoms with Gasteiger partial charge in [-0.05, 0) is 47.5 Å². The van der Waals surface area contributed by atoms with Crippen molar-refractivity contribution in [2.24, 2.45) is 0 Å². The Kier molecular flexibility index (Phi) is 4.05. The number of nitrogens with one attached hydrogen (secondary N) is 2. The summed E-state index contributed by atoms with van der Waals surface area (Å²) >= 11 is 0. The molecular weight excluding hydrogens is 328 g/mol. The van der Waals surface area contributed by atoms with Crippen LogP contribution < -0.4 is 15.4 Å². The summed E-state index contributed by atoms with van der Waals surface area (Å²) in [6.45, 7) is 1.92. The normalized spacial score (nSPS) is 14.1. The Hall–Kier alpha value is -3.34. The molecule has 26 heavy (non-hydrogen) atoms. The predicted octanol–water partition coefficient (Wildman–Crippen LogP) is 3.66. The van der Waals surface area contributed by atoms with E-state index in [0.717, 1.165) is 10.9 Å². The van der Waals surface area contributed by atoms with Gasteiger partial charge in [0.25, 0.3) is 11.8 Å². The zero-order chi connectivity index (χ0) is 18.1. The van der Waals surface area contributed by atoms with Crippen LogP contribution in [0.3, 0.4) is 0 Å². The minimum atomic E-state index is -0.195. The van der Waals surface area contributed by atoms with E-state index in [0.29, 0.717) is 17.0 Å². The Bertz CT molecular complexity index is 1010. The minimum Gasteiger partial charge on any atom is -0.482 e. The lowest BCUT2D eigenvalue weighted by Crippen LogP contribution is -2.28. The average molecular weight is 346 g/mol. The van der Waals surface area contributed by atoms with Crippen LogP contribution in [0.5, 0.6) is 5.75 Å². The summed E-state index contributed by atoms with van der Waals surface area (Å²) in [4.78, 5) is 23.9. The summed E-state index contributed by atoms with van der Waals surface area (Å²) in [5, 5.41) is 8.04. The van der Waals surface area contributed by atoms with Crippen molar-refractivity contribution >= 4 is 28.3 Å². The molecule has 0 fully saturated rings. The van der Waals surface area contributed by atoms with E-state index in [4.69, 9.17) is 4.74 Å². The van der Waals surface area contributed by atoms with Crippen molar-refractivity contribution in [1.82, 2.24) is 5.32 Å². The lowest BCUT2D eigenvalue weighted by atomic mass is 10.0. The number of hydrogen-bond acceptors (Lipinski definition) is 3. The van der Waals surface area contributed by atoms with Crippen LogP contribution in [0, 0.1) is 0 Å². The van der Waals surface area contributed by atoms with Gasteiger partial charge in [0.15, 0.2) is 6.61 Å². The van der Waals surface area contributed by atoms with Crippen LogP contribution >= 0.6 is 0 Å². The second kappa shape index (κ2) is 6.52. The molecule has 5 nitrogen and oxygen atoms in total. The van der Waals surface area contributed by atoms with Gasteiger partial charge in [0.05, 0.1) is 11.7 Å². The molecule has 0 saturated carbocycles. The van der Waals surface area contributed by atoms with Gasteiger partial charge in [-0.25, -0.2) is 0 Å². The Balaban J connectivity index is 1.52. The van der Waals surface area contributed by atoms with Gasteiger partial charge in [-0.2, -0.15) is 0 Å². The molecule has 1 atom stereocenters. The summed E-state index contributed by atoms with van der Waals surface area (Å²) in [5.41, 5.74) is 2.12. The third-order valence-electron chi connectivity index (χ3n) is 4.50. The van der Waals surface area contributed by atoms with E-state index in [1.165, 1.54) is 5.39 Å². The van der Waals surface area contributed by atoms with Crippen molar-refractivity contribution in [3.05, 3.63) is 71.8 Å². The fourth-order valence-electron chi connectivity index (χ4n) is 3.06. The molecular formula is C21H18N2O3. The molecule has 2 amide bonds. The highest BCUT2D eigenvalue weighted by Gasteiger charge is 2.19. The van der Waals surface area contributed by atoms with E-state index in [-0.39, 0.29) is 24.5 Å². The van der Waals surface area contributed by atoms with Gasteiger partial charge in [0, 0.05) is 5.56 Å². The van der Waals surface area contributed by atoms with Gasteiger partial charge in [-0.15, -0.1) is 0 Å². The third-order valence-corrected chi connectivity index (χ3v) is 4.50. The van der Waals surface area contributed by atoms with Crippen molar-refractivity contribution < 1.29 is 14.3 Å². The molecule has 3 aromatic carbocycles. The Morgan fingerprint density at radius 1 is 1.08 bits per heavy atom. The molecule has 4 rings (SSSR count). The Labute approximate surface area is 151 Å². The van der Waals surface area contributed by atoms with Gasteiger partial charge in [0.1, 0.15) is 5.75 Å². The molecule has 2 N–H and O–H groups in total. The molecule has 5 heteroatoms. The Morgan fingerprint density at radius 2 is 1.88 bits per heavy atom. The van der Waals surface area contributed by atoms with Gasteiger partial charge in [0.2, 0.25) is 0 Å². The fourth-order valence-corrected chi connectivity index (χ4v) is 3.06. The van der Waals surface area contributed by atoms with Crippen molar-refractivity contribution in [2.75, 3.05) is 11.9 Å². The summed E-state index contributed by atoms with van der Waals surface area (Å²) < 4.78 is 5.37. The summed E-state index contributed by atoms with van der Waals surface area (Å²) in [6.07, 6.45) is 0. The van der Waals surface area contributed by atoms with Gasteiger partial charge in [-0.3, -0.25) is 9.59 Å². The third kappa shape index (κ3) is 3.11. The lowest BCUT2D eigenvalue weighted by molar-refractivity contribution is -0.118. The van der Waals surface area contributed by atoms with Crippen LogP contribution in [0.2, 0.25) is 0 Å². The molecule has 0 aliphatic carbocycles. The van der Waals surface area contributed by atoms with E-state index in [1.807, 2.05) is 25.1 Å². The van der Waals surface area contributed by atoms with Crippen LogP contribution in [0.4, 0.5) is 5.69 Å². The lowest BCUT2D eigenvalue weighted by Gasteiger charge is -2.19. The van der Waals surface area contributed by atoms with Gasteiger partial charge < -0.3 is 15.4 Å². The first kappa shape index (κ1) is 16.1. The first-order chi connectivity index (χ1) is 12.6. The van der Waals surface area contributed by atoms with E-state index < -0.39 is 0 Å². The first-order valence-electron chi connectivity index (χ1n) is 8.46. The Morgan fingerprint density at radius 3 is 2.73 bits per heavy atom. The predicted molar refractivity (Wildman–Crippen MR) is 100 cm³/mol. The molecule has 0 radical (unpaired) electrons. The number of benzene rings is 3. The highest BCUT2D eigenvalue weighted by atomic mass is 16.5. The molecule has 0 spiro atoms. The smallest absolute Gasteiger partial charge is 0.262 e. The SMILES string of the molecule is CC(NC(=O)c1ccc2c(c1)OCC(=O)N2)c1ccc2ccccc2c1. The summed E-state index contributed by atoms with van der Waals surface area (Å²) in [5.74, 6) is 0.129. The molecule has 1 aliphatic rings.